The maximum atomic E-state index is 9.31. The first-order chi connectivity index (χ1) is 7.34. The van der Waals surface area contributed by atoms with Crippen molar-refractivity contribution in [3.8, 4) is 17.3 Å². The highest BCUT2D eigenvalue weighted by atomic mass is 16.3. The Kier molecular flexibility index (Phi) is 1.56. The average Bonchev–Trinajstić information content (AvgIpc) is 2.82. The third-order valence-corrected chi connectivity index (χ3v) is 2.26. The second kappa shape index (κ2) is 2.88. The van der Waals surface area contributed by atoms with E-state index in [4.69, 9.17) is 4.42 Å². The first kappa shape index (κ1) is 8.11. The third-order valence-electron chi connectivity index (χ3n) is 2.26. The molecule has 0 bridgehead atoms. The molecule has 0 unspecified atom stereocenters. The predicted octanol–water partition coefficient (Wildman–Crippen LogP) is 2.30. The van der Waals surface area contributed by atoms with Crippen LogP contribution in [-0.2, 0) is 0 Å². The standard InChI is InChI=1S/C11H8N2O2/c14-9-3-4-13-8(6-9)7-12-11(13)10-2-1-5-15-10/h1-7,14H. The lowest BCUT2D eigenvalue weighted by molar-refractivity contribution is 0.475. The Hall–Kier alpha value is -2.23. The molecule has 15 heavy (non-hydrogen) atoms. The van der Waals surface area contributed by atoms with Gasteiger partial charge in [0, 0.05) is 12.3 Å². The molecule has 0 radical (unpaired) electrons. The number of rotatable bonds is 1. The molecule has 3 rings (SSSR count). The van der Waals surface area contributed by atoms with Crippen molar-refractivity contribution in [1.29, 1.82) is 0 Å². The molecule has 4 nitrogen and oxygen atoms in total. The Bertz CT molecular complexity index is 596. The van der Waals surface area contributed by atoms with Crippen molar-refractivity contribution in [3.05, 3.63) is 42.9 Å². The van der Waals surface area contributed by atoms with Crippen LogP contribution in [0.4, 0.5) is 0 Å². The number of aromatic nitrogens is 2. The van der Waals surface area contributed by atoms with E-state index in [0.29, 0.717) is 5.76 Å². The van der Waals surface area contributed by atoms with E-state index in [2.05, 4.69) is 4.98 Å². The normalized spacial score (nSPS) is 10.9. The van der Waals surface area contributed by atoms with Gasteiger partial charge in [-0.3, -0.25) is 4.40 Å². The van der Waals surface area contributed by atoms with Crippen LogP contribution in [0.2, 0.25) is 0 Å². The number of aromatic hydroxyl groups is 1. The summed E-state index contributed by atoms with van der Waals surface area (Å²) in [6.45, 7) is 0. The highest BCUT2D eigenvalue weighted by Crippen LogP contribution is 2.22. The zero-order chi connectivity index (χ0) is 10.3. The van der Waals surface area contributed by atoms with Crippen LogP contribution < -0.4 is 0 Å². The van der Waals surface area contributed by atoms with Crippen LogP contribution in [0.25, 0.3) is 17.1 Å². The van der Waals surface area contributed by atoms with Gasteiger partial charge in [0.15, 0.2) is 11.6 Å². The third kappa shape index (κ3) is 1.19. The molecule has 0 amide bonds. The maximum Gasteiger partial charge on any atom is 0.180 e. The van der Waals surface area contributed by atoms with Crippen molar-refractivity contribution in [3.63, 3.8) is 0 Å². The number of hydrogen-bond donors (Lipinski definition) is 1. The molecule has 0 aliphatic carbocycles. The molecule has 0 aliphatic rings. The summed E-state index contributed by atoms with van der Waals surface area (Å²) in [5, 5.41) is 9.31. The molecule has 3 heterocycles. The number of imidazole rings is 1. The van der Waals surface area contributed by atoms with E-state index in [0.717, 1.165) is 11.3 Å². The van der Waals surface area contributed by atoms with Crippen LogP contribution in [0.5, 0.6) is 5.75 Å². The summed E-state index contributed by atoms with van der Waals surface area (Å²) in [6.07, 6.45) is 5.06. The van der Waals surface area contributed by atoms with E-state index >= 15 is 0 Å². The average molecular weight is 200 g/mol. The first-order valence-corrected chi connectivity index (χ1v) is 4.54. The van der Waals surface area contributed by atoms with E-state index in [9.17, 15) is 5.11 Å². The SMILES string of the molecule is Oc1ccn2c(-c3ccco3)ncc2c1. The van der Waals surface area contributed by atoms with E-state index in [-0.39, 0.29) is 5.75 Å². The molecule has 3 aromatic heterocycles. The highest BCUT2D eigenvalue weighted by Gasteiger charge is 2.08. The second-order valence-electron chi connectivity index (χ2n) is 3.24. The molecule has 0 fully saturated rings. The predicted molar refractivity (Wildman–Crippen MR) is 54.6 cm³/mol. The molecular weight excluding hydrogens is 192 g/mol. The minimum absolute atomic E-state index is 0.230. The van der Waals surface area contributed by atoms with Crippen LogP contribution in [-0.4, -0.2) is 14.5 Å². The molecule has 74 valence electrons. The molecule has 0 atom stereocenters. The van der Waals surface area contributed by atoms with Crippen LogP contribution >= 0.6 is 0 Å². The molecule has 0 aromatic carbocycles. The Labute approximate surface area is 85.4 Å². The quantitative estimate of drug-likeness (QED) is 0.655. The summed E-state index contributed by atoms with van der Waals surface area (Å²) < 4.78 is 7.13. The van der Waals surface area contributed by atoms with Crippen molar-refractivity contribution in [2.75, 3.05) is 0 Å². The van der Waals surface area contributed by atoms with Crippen LogP contribution in [0, 0.1) is 0 Å². The van der Waals surface area contributed by atoms with Crippen molar-refractivity contribution in [2.24, 2.45) is 0 Å². The summed E-state index contributed by atoms with van der Waals surface area (Å²) in [5.74, 6) is 1.67. The highest BCUT2D eigenvalue weighted by molar-refractivity contribution is 5.59. The molecule has 0 saturated heterocycles. The van der Waals surface area contributed by atoms with E-state index in [1.54, 1.807) is 30.8 Å². The molecular formula is C11H8N2O2. The first-order valence-electron chi connectivity index (χ1n) is 4.54. The monoisotopic (exact) mass is 200 g/mol. The number of hydrogen-bond acceptors (Lipinski definition) is 3. The fourth-order valence-electron chi connectivity index (χ4n) is 1.58. The van der Waals surface area contributed by atoms with Gasteiger partial charge in [-0.2, -0.15) is 0 Å². The van der Waals surface area contributed by atoms with Crippen LogP contribution in [0.15, 0.2) is 47.3 Å². The van der Waals surface area contributed by atoms with Gasteiger partial charge in [-0.1, -0.05) is 0 Å². The molecule has 4 heteroatoms. The van der Waals surface area contributed by atoms with Gasteiger partial charge in [0.05, 0.1) is 18.0 Å². The van der Waals surface area contributed by atoms with Crippen molar-refractivity contribution in [1.82, 2.24) is 9.38 Å². The van der Waals surface area contributed by atoms with Crippen LogP contribution in [0.3, 0.4) is 0 Å². The fraction of sp³-hybridized carbons (Fsp3) is 0. The van der Waals surface area contributed by atoms with Crippen LogP contribution in [0.1, 0.15) is 0 Å². The van der Waals surface area contributed by atoms with Crippen molar-refractivity contribution >= 4 is 5.52 Å². The minimum atomic E-state index is 0.230. The van der Waals surface area contributed by atoms with Gasteiger partial charge in [-0.25, -0.2) is 4.98 Å². The lowest BCUT2D eigenvalue weighted by atomic mass is 10.4. The van der Waals surface area contributed by atoms with Gasteiger partial charge in [0.1, 0.15) is 5.75 Å². The lowest BCUT2D eigenvalue weighted by Gasteiger charge is -1.98. The van der Waals surface area contributed by atoms with Gasteiger partial charge in [-0.15, -0.1) is 0 Å². The number of fused-ring (bicyclic) bond motifs is 1. The largest absolute Gasteiger partial charge is 0.508 e. The van der Waals surface area contributed by atoms with E-state index < -0.39 is 0 Å². The Morgan fingerprint density at radius 1 is 1.33 bits per heavy atom. The van der Waals surface area contributed by atoms with E-state index in [1.165, 1.54) is 0 Å². The van der Waals surface area contributed by atoms with Gasteiger partial charge < -0.3 is 9.52 Å². The molecule has 0 saturated carbocycles. The van der Waals surface area contributed by atoms with Crippen molar-refractivity contribution < 1.29 is 9.52 Å². The molecule has 0 aliphatic heterocycles. The Balaban J connectivity index is 2.29. The van der Waals surface area contributed by atoms with E-state index in [1.807, 2.05) is 16.5 Å². The molecule has 1 N–H and O–H groups in total. The summed E-state index contributed by atoms with van der Waals surface area (Å²) >= 11 is 0. The topological polar surface area (TPSA) is 50.7 Å². The smallest absolute Gasteiger partial charge is 0.180 e. The second-order valence-corrected chi connectivity index (χ2v) is 3.24. The number of nitrogens with zero attached hydrogens (tertiary/aromatic N) is 2. The van der Waals surface area contributed by atoms with Gasteiger partial charge in [0.2, 0.25) is 0 Å². The molecule has 3 aromatic rings. The number of furan rings is 1. The zero-order valence-corrected chi connectivity index (χ0v) is 7.79. The van der Waals surface area contributed by atoms with Gasteiger partial charge in [-0.05, 0) is 18.2 Å². The summed E-state index contributed by atoms with van der Waals surface area (Å²) in [7, 11) is 0. The number of pyridine rings is 1. The summed E-state index contributed by atoms with van der Waals surface area (Å²) in [5.41, 5.74) is 0.835. The lowest BCUT2D eigenvalue weighted by Crippen LogP contribution is -1.86. The van der Waals surface area contributed by atoms with Crippen molar-refractivity contribution in [2.45, 2.75) is 0 Å². The summed E-state index contributed by atoms with van der Waals surface area (Å²) in [4.78, 5) is 4.24. The fourth-order valence-corrected chi connectivity index (χ4v) is 1.58. The Morgan fingerprint density at radius 2 is 2.27 bits per heavy atom. The van der Waals surface area contributed by atoms with Gasteiger partial charge in [0.25, 0.3) is 0 Å². The molecule has 0 spiro atoms. The minimum Gasteiger partial charge on any atom is -0.508 e. The maximum absolute atomic E-state index is 9.31. The summed E-state index contributed by atoms with van der Waals surface area (Å²) in [6, 6.07) is 6.93. The van der Waals surface area contributed by atoms with Gasteiger partial charge >= 0.3 is 0 Å². The zero-order valence-electron chi connectivity index (χ0n) is 7.79. The Morgan fingerprint density at radius 3 is 3.07 bits per heavy atom.